The molecule has 2 atom stereocenters. The van der Waals surface area contributed by atoms with Crippen LogP contribution in [0.4, 0.5) is 5.69 Å². The van der Waals surface area contributed by atoms with Crippen molar-refractivity contribution in [1.29, 1.82) is 0 Å². The molecule has 17 nitrogen and oxygen atoms in total. The Bertz CT molecular complexity index is 2300. The van der Waals surface area contributed by atoms with Gasteiger partial charge in [-0.2, -0.15) is 0 Å². The van der Waals surface area contributed by atoms with Gasteiger partial charge in [0, 0.05) is 36.2 Å². The van der Waals surface area contributed by atoms with E-state index in [-0.39, 0.29) is 37.0 Å². The van der Waals surface area contributed by atoms with E-state index in [9.17, 15) is 45.5 Å². The molecule has 65 heavy (non-hydrogen) atoms. The maximum atomic E-state index is 13.3. The summed E-state index contributed by atoms with van der Waals surface area (Å²) in [5.74, 6) is -2.42. The minimum atomic E-state index is -4.22. The van der Waals surface area contributed by atoms with E-state index in [1.54, 1.807) is 6.08 Å². The number of nitrogens with zero attached hydrogens (tertiary/aromatic N) is 4. The van der Waals surface area contributed by atoms with Gasteiger partial charge in [-0.15, -0.1) is 5.06 Å². The van der Waals surface area contributed by atoms with E-state index >= 15 is 0 Å². The Hall–Kier alpha value is -3.97. The Morgan fingerprint density at radius 3 is 2.40 bits per heavy atom. The van der Waals surface area contributed by atoms with E-state index in [4.69, 9.17) is 12.9 Å². The topological polar surface area (TPSA) is 233 Å². The normalized spacial score (nSPS) is 21.2. The Balaban J connectivity index is 1.48. The summed E-state index contributed by atoms with van der Waals surface area (Å²) >= 11 is -0.300. The van der Waals surface area contributed by atoms with Crippen LogP contribution >= 0.6 is 12.0 Å². The molecule has 0 spiro atoms. The van der Waals surface area contributed by atoms with Gasteiger partial charge < -0.3 is 9.39 Å². The summed E-state index contributed by atoms with van der Waals surface area (Å²) in [4.78, 5) is 62.4. The fourth-order valence-corrected chi connectivity index (χ4v) is 11.6. The number of benzene rings is 1. The van der Waals surface area contributed by atoms with Crippen molar-refractivity contribution in [2.45, 2.75) is 88.9 Å². The van der Waals surface area contributed by atoms with Gasteiger partial charge in [-0.05, 0) is 31.0 Å². The summed E-state index contributed by atoms with van der Waals surface area (Å²) in [6.45, 7) is 7.18. The molecular formula is C44H60IN5O12S3. The number of allylic oxidation sites excluding steroid dienone is 9. The van der Waals surface area contributed by atoms with E-state index in [1.165, 1.54) is 26.6 Å². The van der Waals surface area contributed by atoms with E-state index in [2.05, 4.69) is 24.1 Å². The molecule has 0 saturated carbocycles. The van der Waals surface area contributed by atoms with Crippen LogP contribution in [0.2, 0.25) is 0 Å². The van der Waals surface area contributed by atoms with Gasteiger partial charge in [0.05, 0.1) is 0 Å². The second-order valence-corrected chi connectivity index (χ2v) is 23.1. The Morgan fingerprint density at radius 1 is 1.05 bits per heavy atom. The second kappa shape index (κ2) is 24.2. The van der Waals surface area contributed by atoms with Crippen LogP contribution in [-0.4, -0.2) is 107 Å². The summed E-state index contributed by atoms with van der Waals surface area (Å²) in [5.41, 5.74) is 2.93. The van der Waals surface area contributed by atoms with Crippen LogP contribution in [0.15, 0.2) is 96.0 Å². The molecule has 1 fully saturated rings. The van der Waals surface area contributed by atoms with Crippen LogP contribution in [0.3, 0.4) is 0 Å². The zero-order valence-corrected chi connectivity index (χ0v) is 42.1. The van der Waals surface area contributed by atoms with Crippen molar-refractivity contribution in [3.8, 4) is 0 Å². The van der Waals surface area contributed by atoms with Gasteiger partial charge in [-0.25, -0.2) is 4.79 Å². The molecule has 3 heterocycles. The first-order valence-electron chi connectivity index (χ1n) is 21.0. The molecule has 3 aliphatic rings. The standard InChI is InChI=1S/C44H60IN5O12S3/c1-43(2)34-30-33(63-55)20-21-35(34)49(26-14-10-13-19-41(53)62-50-39(51)22-23-40(50)52)38(43)18-12-9-7-8-11-17-37-44(3,24-15-28-65(58,59)60)36(45-47-37)29-32(42(54)48(4)61-5)31-46-25-16-27-64(6,56)57/h7-9,11-12,17-18,20-21,29-31,46,55H,10,13-16,19,22-28H2,1-6H3,(H,56,57)(H,58,59,60)/b8-7+,12-9+,17-11+,32-31+,36-29-,38-18+. The zero-order chi connectivity index (χ0) is 48.0. The quantitative estimate of drug-likeness (QED) is 0.0133. The molecule has 0 aliphatic carbocycles. The average molecular weight is 1070 g/mol. The van der Waals surface area contributed by atoms with Crippen molar-refractivity contribution in [2.75, 3.05) is 49.9 Å². The van der Waals surface area contributed by atoms with E-state index < -0.39 is 82.1 Å². The molecule has 0 radical (unpaired) electrons. The summed E-state index contributed by atoms with van der Waals surface area (Å²) in [6.07, 6.45) is 20.8. The van der Waals surface area contributed by atoms with Gasteiger partial charge in [0.2, 0.25) is 0 Å². The number of carbonyl (C=O) groups is 4. The number of hydrogen-bond acceptors (Lipinski definition) is 14. The number of unbranched alkanes of at least 4 members (excludes halogenated alkanes) is 2. The van der Waals surface area contributed by atoms with Crippen molar-refractivity contribution in [2.24, 2.45) is 8.62 Å². The fraction of sp³-hybridized carbons (Fsp3) is 0.477. The number of nitrogens with one attached hydrogen (secondary N) is 1. The number of likely N-dealkylation sites (N-methyl/N-ethyl adjacent to an activating group) is 1. The SMILES string of the molecule is CON(C)C(=O)C(/C=C1\[I-]N=C(/C=C/C=C/C=C/C=C2/N(CCCCCC(=O)ON3C(=O)CCC3=O)c3ccc(SO)cc3C2(C)C)C1(C)CCCS(=O)(=O)O)=C/NCCC[S+](C)(=O)O. The first-order valence-corrected chi connectivity index (χ1v) is 27.5. The van der Waals surface area contributed by atoms with Gasteiger partial charge >= 0.3 is 286 Å². The number of amides is 3. The molecule has 1 aromatic carbocycles. The Kier molecular flexibility index (Phi) is 19.9. The van der Waals surface area contributed by atoms with E-state index in [1.807, 2.05) is 67.7 Å². The predicted molar refractivity (Wildman–Crippen MR) is 248 cm³/mol. The van der Waals surface area contributed by atoms with Gasteiger partial charge in [0.1, 0.15) is 0 Å². The third kappa shape index (κ3) is 15.5. The molecule has 3 aliphatic heterocycles. The first-order chi connectivity index (χ1) is 30.6. The van der Waals surface area contributed by atoms with Crippen LogP contribution in [0.25, 0.3) is 0 Å². The van der Waals surface area contributed by atoms with Crippen molar-refractivity contribution in [3.05, 3.63) is 93.4 Å². The Labute approximate surface area is 397 Å². The number of fused-ring (bicyclic) bond motifs is 1. The van der Waals surface area contributed by atoms with Crippen LogP contribution in [0.5, 0.6) is 0 Å². The third-order valence-electron chi connectivity index (χ3n) is 11.0. The molecule has 4 N–H and O–H groups in total. The molecule has 2 unspecified atom stereocenters. The van der Waals surface area contributed by atoms with Gasteiger partial charge in [0.25, 0.3) is 11.8 Å². The van der Waals surface area contributed by atoms with Crippen molar-refractivity contribution in [3.63, 3.8) is 0 Å². The van der Waals surface area contributed by atoms with Gasteiger partial charge in [-0.1, -0.05) is 6.42 Å². The van der Waals surface area contributed by atoms with Gasteiger partial charge in [0.15, 0.2) is 0 Å². The summed E-state index contributed by atoms with van der Waals surface area (Å²) in [6, 6.07) is 5.85. The average Bonchev–Trinajstić information content (AvgIpc) is 3.80. The summed E-state index contributed by atoms with van der Waals surface area (Å²) in [7, 11) is -4.28. The van der Waals surface area contributed by atoms with E-state index in [0.717, 1.165) is 36.9 Å². The fourth-order valence-electron chi connectivity index (χ4n) is 7.30. The zero-order valence-electron chi connectivity index (χ0n) is 37.5. The predicted octanol–water partition coefficient (Wildman–Crippen LogP) is 3.57. The first kappa shape index (κ1) is 53.6. The monoisotopic (exact) mass is 1070 g/mol. The molecule has 0 aromatic heterocycles. The molecule has 3 amide bonds. The van der Waals surface area contributed by atoms with Gasteiger partial charge in [-0.3, -0.25) is 9.59 Å². The second-order valence-electron chi connectivity index (χ2n) is 16.4. The molecule has 1 saturated heterocycles. The van der Waals surface area contributed by atoms with Crippen molar-refractivity contribution in [1.82, 2.24) is 15.4 Å². The molecule has 21 heteroatoms. The molecule has 1 aromatic rings. The van der Waals surface area contributed by atoms with E-state index in [0.29, 0.717) is 61.6 Å². The molecule has 0 bridgehead atoms. The molecule has 358 valence electrons. The number of rotatable bonds is 24. The van der Waals surface area contributed by atoms with Crippen molar-refractivity contribution >= 4 is 67.5 Å². The Morgan fingerprint density at radius 2 is 1.74 bits per heavy atom. The van der Waals surface area contributed by atoms with Crippen LogP contribution in [0.1, 0.15) is 84.1 Å². The molecule has 4 rings (SSSR count). The van der Waals surface area contributed by atoms with Crippen LogP contribution in [0, 0.1) is 5.41 Å². The number of halogens is 1. The number of hydroxylamine groups is 4. The number of hydrogen-bond donors (Lipinski definition) is 4. The van der Waals surface area contributed by atoms with Crippen LogP contribution in [-0.2, 0) is 58.8 Å². The third-order valence-corrected chi connectivity index (χ3v) is 16.1. The molecular weight excluding hydrogens is 1010 g/mol. The maximum absolute atomic E-state index is 13.3. The minimum absolute atomic E-state index is 0.0412. The number of carbonyl (C=O) groups excluding carboxylic acids is 4. The number of anilines is 1. The van der Waals surface area contributed by atoms with Crippen LogP contribution < -0.4 is 31.7 Å². The number of imide groups is 1. The summed E-state index contributed by atoms with van der Waals surface area (Å²) < 4.78 is 69.7. The summed E-state index contributed by atoms with van der Waals surface area (Å²) in [5, 5.41) is 4.69. The van der Waals surface area contributed by atoms with Crippen molar-refractivity contribution < 1.29 is 76.6 Å².